The lowest BCUT2D eigenvalue weighted by atomic mass is 10.2. The number of carbonyl (C=O) groups excluding carboxylic acids is 1. The van der Waals surface area contributed by atoms with E-state index >= 15 is 0 Å². The van der Waals surface area contributed by atoms with Crippen LogP contribution in [-0.4, -0.2) is 39.4 Å². The van der Waals surface area contributed by atoms with Gasteiger partial charge in [0.05, 0.1) is 6.61 Å². The zero-order valence-corrected chi connectivity index (χ0v) is 19.8. The highest BCUT2D eigenvalue weighted by molar-refractivity contribution is 7.46. The summed E-state index contributed by atoms with van der Waals surface area (Å²) in [5, 5.41) is 11.2. The maximum Gasteiger partial charge on any atom is 0.469 e. The fourth-order valence-corrected chi connectivity index (χ4v) is 2.90. The number of hydrogen-bond acceptors (Lipinski definition) is 4. The molecule has 4 N–H and O–H groups in total. The third-order valence-electron chi connectivity index (χ3n) is 4.27. The third-order valence-corrected chi connectivity index (χ3v) is 4.76. The Morgan fingerprint density at radius 1 is 0.875 bits per heavy atom. The Bertz CT molecular complexity index is 680. The number of phosphoric acid groups is 1. The Balaban J connectivity index is 3.83. The van der Waals surface area contributed by atoms with E-state index in [9.17, 15) is 14.2 Å². The van der Waals surface area contributed by atoms with Crippen molar-refractivity contribution in [3.05, 3.63) is 48.6 Å². The van der Waals surface area contributed by atoms with Gasteiger partial charge in [0.15, 0.2) is 6.04 Å². The SMILES string of the molecule is CCCCC/C=C/C/C=C/C/C=C/C/C=C/CCCC(=O)N[C@@H](COP(=O)(O)O)C(=O)O. The van der Waals surface area contributed by atoms with E-state index in [0.29, 0.717) is 12.8 Å². The Labute approximate surface area is 191 Å². The monoisotopic (exact) mass is 471 g/mol. The van der Waals surface area contributed by atoms with Gasteiger partial charge < -0.3 is 20.2 Å². The quantitative estimate of drug-likeness (QED) is 0.121. The molecule has 0 unspecified atom stereocenters. The van der Waals surface area contributed by atoms with Crippen molar-refractivity contribution in [1.29, 1.82) is 0 Å². The molecule has 0 radical (unpaired) electrons. The molecule has 0 aromatic rings. The summed E-state index contributed by atoms with van der Waals surface area (Å²) in [5.74, 6) is -1.94. The molecule has 0 aromatic carbocycles. The predicted molar refractivity (Wildman–Crippen MR) is 126 cm³/mol. The number of carboxylic acid groups (broad SMARTS) is 1. The van der Waals surface area contributed by atoms with Crippen molar-refractivity contribution >= 4 is 19.7 Å². The number of amides is 1. The lowest BCUT2D eigenvalue weighted by Crippen LogP contribution is -2.43. The summed E-state index contributed by atoms with van der Waals surface area (Å²) in [7, 11) is -4.79. The molecule has 0 aliphatic heterocycles. The Morgan fingerprint density at radius 3 is 1.84 bits per heavy atom. The maximum absolute atomic E-state index is 11.8. The summed E-state index contributed by atoms with van der Waals surface area (Å²) < 4.78 is 14.8. The molecule has 8 nitrogen and oxygen atoms in total. The van der Waals surface area contributed by atoms with Crippen LogP contribution in [0.4, 0.5) is 0 Å². The molecule has 0 fully saturated rings. The normalized spacial score (nSPS) is 13.6. The van der Waals surface area contributed by atoms with Crippen LogP contribution in [0.25, 0.3) is 0 Å². The van der Waals surface area contributed by atoms with E-state index in [0.717, 1.165) is 25.7 Å². The van der Waals surface area contributed by atoms with E-state index in [2.05, 4.69) is 53.2 Å². The predicted octanol–water partition coefficient (Wildman–Crippen LogP) is 4.81. The van der Waals surface area contributed by atoms with Gasteiger partial charge in [0.25, 0.3) is 0 Å². The molecule has 32 heavy (non-hydrogen) atoms. The fraction of sp³-hybridized carbons (Fsp3) is 0.565. The molecule has 0 aliphatic carbocycles. The minimum absolute atomic E-state index is 0.109. The van der Waals surface area contributed by atoms with Crippen LogP contribution in [-0.2, 0) is 18.7 Å². The molecule has 1 atom stereocenters. The molecule has 0 spiro atoms. The summed E-state index contributed by atoms with van der Waals surface area (Å²) >= 11 is 0. The van der Waals surface area contributed by atoms with Crippen molar-refractivity contribution in [1.82, 2.24) is 5.32 Å². The number of unbranched alkanes of at least 4 members (excludes halogenated alkanes) is 4. The third kappa shape index (κ3) is 21.2. The second-order valence-electron chi connectivity index (χ2n) is 7.23. The zero-order valence-electron chi connectivity index (χ0n) is 18.9. The molecule has 0 saturated carbocycles. The Morgan fingerprint density at radius 2 is 1.38 bits per heavy atom. The smallest absolute Gasteiger partial charge is 0.469 e. The standard InChI is InChI=1S/C23H38NO7P/c1-2-3-4-5-6-7-8-9-10-11-12-13-14-15-16-17-18-19-22(25)24-21(23(26)27)20-31-32(28,29)30/h6-7,9-10,12-13,15-16,21H,2-5,8,11,14,17-20H2,1H3,(H,24,25)(H,26,27)(H2,28,29,30)/b7-6+,10-9+,13-12+,16-15+/t21-/m0/s1. The van der Waals surface area contributed by atoms with Crippen LogP contribution < -0.4 is 5.32 Å². The highest BCUT2D eigenvalue weighted by atomic mass is 31.2. The molecule has 0 rings (SSSR count). The lowest BCUT2D eigenvalue weighted by Gasteiger charge is -2.14. The lowest BCUT2D eigenvalue weighted by molar-refractivity contribution is -0.142. The summed E-state index contributed by atoms with van der Waals surface area (Å²) in [5.41, 5.74) is 0. The van der Waals surface area contributed by atoms with Gasteiger partial charge in [-0.2, -0.15) is 0 Å². The highest BCUT2D eigenvalue weighted by Gasteiger charge is 2.24. The van der Waals surface area contributed by atoms with E-state index in [-0.39, 0.29) is 6.42 Å². The van der Waals surface area contributed by atoms with E-state index in [4.69, 9.17) is 14.9 Å². The number of aliphatic carboxylic acids is 1. The Hall–Kier alpha value is -1.99. The van der Waals surface area contributed by atoms with Crippen LogP contribution in [0.1, 0.15) is 71.1 Å². The summed E-state index contributed by atoms with van der Waals surface area (Å²) in [4.78, 5) is 40.0. The molecule has 1 amide bonds. The minimum Gasteiger partial charge on any atom is -0.480 e. The second-order valence-corrected chi connectivity index (χ2v) is 8.46. The van der Waals surface area contributed by atoms with Gasteiger partial charge in [-0.05, 0) is 44.9 Å². The number of allylic oxidation sites excluding steroid dienone is 8. The fourth-order valence-electron chi connectivity index (χ4n) is 2.55. The van der Waals surface area contributed by atoms with Gasteiger partial charge in [0, 0.05) is 6.42 Å². The molecule has 0 bridgehead atoms. The minimum atomic E-state index is -4.79. The summed E-state index contributed by atoms with van der Waals surface area (Å²) in [6, 6.07) is -1.51. The Kier molecular flexibility index (Phi) is 18.5. The van der Waals surface area contributed by atoms with Gasteiger partial charge in [-0.15, -0.1) is 0 Å². The second kappa shape index (κ2) is 19.7. The van der Waals surface area contributed by atoms with Crippen LogP contribution in [0.15, 0.2) is 48.6 Å². The van der Waals surface area contributed by atoms with Gasteiger partial charge in [0.1, 0.15) is 0 Å². The molecule has 182 valence electrons. The van der Waals surface area contributed by atoms with Crippen LogP contribution in [0, 0.1) is 0 Å². The maximum atomic E-state index is 11.8. The van der Waals surface area contributed by atoms with Crippen LogP contribution >= 0.6 is 7.82 Å². The molecular weight excluding hydrogens is 433 g/mol. The molecule has 0 saturated heterocycles. The molecule has 9 heteroatoms. The van der Waals surface area contributed by atoms with Crippen molar-refractivity contribution in [2.75, 3.05) is 6.61 Å². The van der Waals surface area contributed by atoms with Crippen molar-refractivity contribution < 1.29 is 33.6 Å². The van der Waals surface area contributed by atoms with Crippen LogP contribution in [0.3, 0.4) is 0 Å². The van der Waals surface area contributed by atoms with Crippen molar-refractivity contribution in [3.8, 4) is 0 Å². The topological polar surface area (TPSA) is 133 Å². The van der Waals surface area contributed by atoms with E-state index in [1.165, 1.54) is 19.3 Å². The van der Waals surface area contributed by atoms with Gasteiger partial charge >= 0.3 is 13.8 Å². The van der Waals surface area contributed by atoms with Gasteiger partial charge in [-0.25, -0.2) is 9.36 Å². The first-order valence-electron chi connectivity index (χ1n) is 11.1. The highest BCUT2D eigenvalue weighted by Crippen LogP contribution is 2.35. The molecule has 0 heterocycles. The molecule has 0 aliphatic rings. The van der Waals surface area contributed by atoms with E-state index < -0.39 is 32.3 Å². The largest absolute Gasteiger partial charge is 0.480 e. The van der Waals surface area contributed by atoms with Crippen LogP contribution in [0.2, 0.25) is 0 Å². The number of nitrogens with one attached hydrogen (secondary N) is 1. The first-order valence-corrected chi connectivity index (χ1v) is 12.6. The first-order chi connectivity index (χ1) is 15.3. The number of rotatable bonds is 19. The summed E-state index contributed by atoms with van der Waals surface area (Å²) in [6.07, 6.45) is 25.9. The number of phosphoric ester groups is 1. The van der Waals surface area contributed by atoms with E-state index in [1.54, 1.807) is 0 Å². The van der Waals surface area contributed by atoms with E-state index in [1.807, 2.05) is 12.2 Å². The van der Waals surface area contributed by atoms with Gasteiger partial charge in [-0.3, -0.25) is 9.32 Å². The average molecular weight is 472 g/mol. The molecular formula is C23H38NO7P. The zero-order chi connectivity index (χ0) is 24.1. The van der Waals surface area contributed by atoms with Crippen LogP contribution in [0.5, 0.6) is 0 Å². The van der Waals surface area contributed by atoms with Gasteiger partial charge in [-0.1, -0.05) is 68.4 Å². The van der Waals surface area contributed by atoms with Crippen molar-refractivity contribution in [2.24, 2.45) is 0 Å². The number of carbonyl (C=O) groups is 2. The van der Waals surface area contributed by atoms with Crippen molar-refractivity contribution in [3.63, 3.8) is 0 Å². The number of carboxylic acids is 1. The average Bonchev–Trinajstić information content (AvgIpc) is 2.72. The number of hydrogen-bond donors (Lipinski definition) is 4. The summed E-state index contributed by atoms with van der Waals surface area (Å²) in [6.45, 7) is 1.40. The molecule has 0 aromatic heterocycles. The first kappa shape index (κ1) is 30.0. The van der Waals surface area contributed by atoms with Gasteiger partial charge in [0.2, 0.25) is 5.91 Å². The van der Waals surface area contributed by atoms with Crippen molar-refractivity contribution in [2.45, 2.75) is 77.2 Å².